The van der Waals surface area contributed by atoms with Crippen LogP contribution in [0.1, 0.15) is 33.3 Å². The summed E-state index contributed by atoms with van der Waals surface area (Å²) >= 11 is 0. The summed E-state index contributed by atoms with van der Waals surface area (Å²) in [6, 6.07) is 6.43. The average molecular weight is 414 g/mol. The molecule has 0 bridgehead atoms. The van der Waals surface area contributed by atoms with Crippen LogP contribution in [0.3, 0.4) is 0 Å². The first kappa shape index (κ1) is 20.2. The minimum absolute atomic E-state index is 0.0698. The lowest BCUT2D eigenvalue weighted by atomic mass is 10.0. The maximum atomic E-state index is 12.6. The van der Waals surface area contributed by atoms with Gasteiger partial charge in [0, 0.05) is 0 Å². The Morgan fingerprint density at radius 1 is 1.04 bits per heavy atom. The molecule has 3 saturated heterocycles. The molecule has 0 unspecified atom stereocenters. The first-order valence-corrected chi connectivity index (χ1v) is 10.7. The van der Waals surface area contributed by atoms with Gasteiger partial charge in [0.1, 0.15) is 24.9 Å². The van der Waals surface area contributed by atoms with Crippen LogP contribution in [0.5, 0.6) is 0 Å². The quantitative estimate of drug-likeness (QED) is 0.692. The SMILES string of the molecule is Cc1ccc(S(=O)(=O)OC[C@@]23O[C@H]4COC(C)(C)O[C@H]4[C@@H]2OC(C)(C)O3)cc1. The van der Waals surface area contributed by atoms with E-state index < -0.39 is 45.8 Å². The Kier molecular flexibility index (Phi) is 4.67. The lowest BCUT2D eigenvalue weighted by Crippen LogP contribution is -2.51. The molecule has 3 aliphatic rings. The van der Waals surface area contributed by atoms with Crippen molar-refractivity contribution in [2.45, 2.75) is 75.2 Å². The van der Waals surface area contributed by atoms with Crippen molar-refractivity contribution in [2.75, 3.05) is 13.2 Å². The Balaban J connectivity index is 1.57. The fraction of sp³-hybridized carbons (Fsp3) is 0.684. The van der Waals surface area contributed by atoms with Gasteiger partial charge in [-0.25, -0.2) is 0 Å². The minimum atomic E-state index is -3.99. The molecule has 0 saturated carbocycles. The second-order valence-corrected chi connectivity index (χ2v) is 9.95. The molecule has 0 aromatic heterocycles. The van der Waals surface area contributed by atoms with Crippen molar-refractivity contribution in [1.29, 1.82) is 0 Å². The molecular weight excluding hydrogens is 388 g/mol. The van der Waals surface area contributed by atoms with Crippen LogP contribution in [0.25, 0.3) is 0 Å². The molecule has 0 amide bonds. The predicted molar refractivity (Wildman–Crippen MR) is 96.9 cm³/mol. The number of fused-ring (bicyclic) bond motifs is 3. The van der Waals surface area contributed by atoms with Gasteiger partial charge in [-0.2, -0.15) is 8.42 Å². The summed E-state index contributed by atoms with van der Waals surface area (Å²) in [5.74, 6) is -3.18. The van der Waals surface area contributed by atoms with E-state index in [1.54, 1.807) is 26.0 Å². The summed E-state index contributed by atoms with van der Waals surface area (Å²) in [7, 11) is -3.99. The first-order chi connectivity index (χ1) is 12.9. The maximum Gasteiger partial charge on any atom is 0.297 e. The smallest absolute Gasteiger partial charge is 0.297 e. The van der Waals surface area contributed by atoms with Crippen LogP contribution in [-0.4, -0.2) is 57.3 Å². The summed E-state index contributed by atoms with van der Waals surface area (Å²) < 4.78 is 60.4. The second kappa shape index (κ2) is 6.46. The van der Waals surface area contributed by atoms with Crippen LogP contribution in [0.2, 0.25) is 0 Å². The molecule has 156 valence electrons. The Hall–Kier alpha value is -1.07. The molecular formula is C19H26O8S. The van der Waals surface area contributed by atoms with Crippen molar-refractivity contribution in [3.63, 3.8) is 0 Å². The number of hydrogen-bond donors (Lipinski definition) is 0. The van der Waals surface area contributed by atoms with Crippen molar-refractivity contribution >= 4 is 10.1 Å². The van der Waals surface area contributed by atoms with Crippen molar-refractivity contribution in [3.8, 4) is 0 Å². The minimum Gasteiger partial charge on any atom is -0.348 e. The fourth-order valence-electron chi connectivity index (χ4n) is 3.81. The van der Waals surface area contributed by atoms with Gasteiger partial charge in [-0.3, -0.25) is 4.18 Å². The van der Waals surface area contributed by atoms with Gasteiger partial charge in [0.15, 0.2) is 11.6 Å². The highest BCUT2D eigenvalue weighted by molar-refractivity contribution is 7.86. The standard InChI is InChI=1S/C19H26O8S/c1-12-6-8-13(9-7-12)28(20,21)23-11-19-16(26-18(4,5)27-19)15-14(24-19)10-22-17(2,3)25-15/h6-9,14-16H,10-11H2,1-5H3/t14-,15+,16-,19-/m0/s1. The van der Waals surface area contributed by atoms with Crippen molar-refractivity contribution in [2.24, 2.45) is 0 Å². The number of ether oxygens (including phenoxy) is 5. The van der Waals surface area contributed by atoms with Crippen molar-refractivity contribution < 1.29 is 36.3 Å². The van der Waals surface area contributed by atoms with Crippen LogP contribution in [-0.2, 0) is 38.0 Å². The molecule has 1 aromatic rings. The van der Waals surface area contributed by atoms with Gasteiger partial charge >= 0.3 is 0 Å². The Morgan fingerprint density at radius 3 is 2.39 bits per heavy atom. The number of rotatable bonds is 4. The molecule has 9 heteroatoms. The lowest BCUT2D eigenvalue weighted by molar-refractivity contribution is -0.329. The third-order valence-electron chi connectivity index (χ3n) is 5.02. The highest BCUT2D eigenvalue weighted by Crippen LogP contribution is 2.49. The summed E-state index contributed by atoms with van der Waals surface area (Å²) in [6.07, 6.45) is -1.56. The molecule has 3 heterocycles. The zero-order chi connectivity index (χ0) is 20.4. The summed E-state index contributed by atoms with van der Waals surface area (Å²) in [4.78, 5) is 0.0698. The van der Waals surface area contributed by atoms with Crippen molar-refractivity contribution in [3.05, 3.63) is 29.8 Å². The normalized spacial score (nSPS) is 36.1. The van der Waals surface area contributed by atoms with E-state index in [1.807, 2.05) is 20.8 Å². The molecule has 3 aliphatic heterocycles. The van der Waals surface area contributed by atoms with Gasteiger partial charge in [-0.1, -0.05) is 17.7 Å². The highest BCUT2D eigenvalue weighted by atomic mass is 32.2. The molecule has 0 aliphatic carbocycles. The summed E-state index contributed by atoms with van der Waals surface area (Å²) in [5.41, 5.74) is 0.954. The van der Waals surface area contributed by atoms with Gasteiger partial charge in [-0.15, -0.1) is 0 Å². The van der Waals surface area contributed by atoms with E-state index in [0.29, 0.717) is 0 Å². The van der Waals surface area contributed by atoms with E-state index in [1.165, 1.54) is 12.1 Å². The number of hydrogen-bond acceptors (Lipinski definition) is 8. The third-order valence-corrected chi connectivity index (χ3v) is 6.30. The van der Waals surface area contributed by atoms with Crippen LogP contribution in [0.4, 0.5) is 0 Å². The average Bonchev–Trinajstić information content (AvgIpc) is 3.00. The van der Waals surface area contributed by atoms with E-state index in [-0.39, 0.29) is 18.1 Å². The highest BCUT2D eigenvalue weighted by Gasteiger charge is 2.67. The molecule has 0 N–H and O–H groups in total. The van der Waals surface area contributed by atoms with E-state index in [9.17, 15) is 8.42 Å². The molecule has 4 rings (SSSR count). The Morgan fingerprint density at radius 2 is 1.71 bits per heavy atom. The molecule has 1 aromatic carbocycles. The predicted octanol–water partition coefficient (Wildman–Crippen LogP) is 2.10. The Labute approximate surface area is 165 Å². The number of aryl methyl sites for hydroxylation is 1. The Bertz CT molecular complexity index is 847. The monoisotopic (exact) mass is 414 g/mol. The van der Waals surface area contributed by atoms with Crippen LogP contribution in [0, 0.1) is 6.92 Å². The number of benzene rings is 1. The molecule has 0 radical (unpaired) electrons. The van der Waals surface area contributed by atoms with Gasteiger partial charge in [0.25, 0.3) is 10.1 Å². The topological polar surface area (TPSA) is 89.5 Å². The molecule has 0 spiro atoms. The summed E-state index contributed by atoms with van der Waals surface area (Å²) in [5, 5.41) is 0. The maximum absolute atomic E-state index is 12.6. The fourth-order valence-corrected chi connectivity index (χ4v) is 4.73. The first-order valence-electron chi connectivity index (χ1n) is 9.25. The molecule has 4 atom stereocenters. The second-order valence-electron chi connectivity index (χ2n) is 8.33. The van der Waals surface area contributed by atoms with E-state index in [4.69, 9.17) is 27.9 Å². The molecule has 8 nitrogen and oxygen atoms in total. The van der Waals surface area contributed by atoms with Gasteiger partial charge < -0.3 is 23.7 Å². The van der Waals surface area contributed by atoms with E-state index in [2.05, 4.69) is 0 Å². The van der Waals surface area contributed by atoms with Gasteiger partial charge in [0.05, 0.1) is 11.5 Å². The van der Waals surface area contributed by atoms with Gasteiger partial charge in [0.2, 0.25) is 5.79 Å². The third kappa shape index (κ3) is 3.60. The van der Waals surface area contributed by atoms with Gasteiger partial charge in [-0.05, 0) is 46.8 Å². The summed E-state index contributed by atoms with van der Waals surface area (Å²) in [6.45, 7) is 8.91. The largest absolute Gasteiger partial charge is 0.348 e. The lowest BCUT2D eigenvalue weighted by Gasteiger charge is -2.38. The van der Waals surface area contributed by atoms with Crippen LogP contribution in [0.15, 0.2) is 29.2 Å². The van der Waals surface area contributed by atoms with Crippen molar-refractivity contribution in [1.82, 2.24) is 0 Å². The zero-order valence-electron chi connectivity index (χ0n) is 16.6. The molecule has 3 fully saturated rings. The van der Waals surface area contributed by atoms with E-state index in [0.717, 1.165) is 5.56 Å². The van der Waals surface area contributed by atoms with E-state index >= 15 is 0 Å². The molecule has 28 heavy (non-hydrogen) atoms. The zero-order valence-corrected chi connectivity index (χ0v) is 17.4. The van der Waals surface area contributed by atoms with Crippen LogP contribution >= 0.6 is 0 Å². The van der Waals surface area contributed by atoms with Crippen LogP contribution < -0.4 is 0 Å².